The van der Waals surface area contributed by atoms with Crippen molar-refractivity contribution in [1.82, 2.24) is 9.78 Å². The fourth-order valence-corrected chi connectivity index (χ4v) is 9.30. The Hall–Kier alpha value is -1.16. The molecular formula is C27H42N2O2. The zero-order valence-electron chi connectivity index (χ0n) is 20.1. The number of aliphatic hydroxyl groups is 1. The van der Waals surface area contributed by atoms with Gasteiger partial charge in [-0.15, -0.1) is 0 Å². The van der Waals surface area contributed by atoms with Crippen LogP contribution in [0.2, 0.25) is 0 Å². The van der Waals surface area contributed by atoms with Crippen LogP contribution in [-0.2, 0) is 11.3 Å². The van der Waals surface area contributed by atoms with E-state index in [1.807, 2.05) is 24.0 Å². The van der Waals surface area contributed by atoms with Gasteiger partial charge in [-0.1, -0.05) is 13.8 Å². The highest BCUT2D eigenvalue weighted by Gasteiger charge is 2.62. The molecule has 0 bridgehead atoms. The maximum absolute atomic E-state index is 13.4. The summed E-state index contributed by atoms with van der Waals surface area (Å²) >= 11 is 0. The number of aryl methyl sites for hydroxylation is 1. The average Bonchev–Trinajstić information content (AvgIpc) is 3.29. The largest absolute Gasteiger partial charge is 0.390 e. The molecule has 1 aromatic heterocycles. The third kappa shape index (κ3) is 3.34. The van der Waals surface area contributed by atoms with Crippen molar-refractivity contribution in [3.05, 3.63) is 18.0 Å². The van der Waals surface area contributed by atoms with E-state index in [1.54, 1.807) is 0 Å². The Morgan fingerprint density at radius 2 is 1.94 bits per heavy atom. The van der Waals surface area contributed by atoms with E-state index in [0.717, 1.165) is 36.7 Å². The van der Waals surface area contributed by atoms with E-state index >= 15 is 0 Å². The van der Waals surface area contributed by atoms with Gasteiger partial charge in [-0.2, -0.15) is 5.10 Å². The van der Waals surface area contributed by atoms with Gasteiger partial charge in [0.05, 0.1) is 18.3 Å². The molecule has 4 saturated carbocycles. The first-order valence-electron chi connectivity index (χ1n) is 12.9. The third-order valence-electron chi connectivity index (χ3n) is 10.8. The van der Waals surface area contributed by atoms with E-state index in [2.05, 4.69) is 25.9 Å². The lowest BCUT2D eigenvalue weighted by molar-refractivity contribution is -0.158. The second-order valence-electron chi connectivity index (χ2n) is 12.3. The van der Waals surface area contributed by atoms with Crippen LogP contribution < -0.4 is 0 Å². The van der Waals surface area contributed by atoms with Gasteiger partial charge >= 0.3 is 0 Å². The summed E-state index contributed by atoms with van der Waals surface area (Å²) in [7, 11) is 0. The Kier molecular flexibility index (Phi) is 5.20. The number of aromatic nitrogens is 2. The molecule has 4 aliphatic rings. The number of nitrogens with zero attached hydrogens (tertiary/aromatic N) is 2. The van der Waals surface area contributed by atoms with E-state index in [4.69, 9.17) is 0 Å². The summed E-state index contributed by atoms with van der Waals surface area (Å²) in [5.41, 5.74) is 1.26. The van der Waals surface area contributed by atoms with E-state index in [1.165, 1.54) is 44.9 Å². The number of hydrogen-bond donors (Lipinski definition) is 1. The van der Waals surface area contributed by atoms with Gasteiger partial charge in [0.2, 0.25) is 0 Å². The normalized spacial score (nSPS) is 46.8. The first kappa shape index (κ1) is 21.7. The second kappa shape index (κ2) is 7.43. The van der Waals surface area contributed by atoms with Crippen molar-refractivity contribution < 1.29 is 9.90 Å². The maximum Gasteiger partial charge on any atom is 0.157 e. The molecule has 4 fully saturated rings. The molecule has 0 aliphatic heterocycles. The molecule has 4 aliphatic carbocycles. The molecule has 172 valence electrons. The van der Waals surface area contributed by atoms with Crippen molar-refractivity contribution >= 4 is 5.78 Å². The van der Waals surface area contributed by atoms with Gasteiger partial charge in [0.25, 0.3) is 0 Å². The first-order chi connectivity index (χ1) is 14.7. The van der Waals surface area contributed by atoms with E-state index in [-0.39, 0.29) is 11.3 Å². The van der Waals surface area contributed by atoms with Crippen LogP contribution in [0.1, 0.15) is 90.5 Å². The first-order valence-corrected chi connectivity index (χ1v) is 12.9. The Morgan fingerprint density at radius 3 is 2.65 bits per heavy atom. The van der Waals surface area contributed by atoms with Crippen LogP contribution in [0.25, 0.3) is 0 Å². The highest BCUT2D eigenvalue weighted by Crippen LogP contribution is 2.69. The van der Waals surface area contributed by atoms with Crippen LogP contribution in [0.3, 0.4) is 0 Å². The van der Waals surface area contributed by atoms with Crippen LogP contribution in [-0.4, -0.2) is 26.3 Å². The van der Waals surface area contributed by atoms with Gasteiger partial charge in [0, 0.05) is 12.1 Å². The molecule has 0 amide bonds. The number of hydrogen-bond acceptors (Lipinski definition) is 3. The summed E-state index contributed by atoms with van der Waals surface area (Å²) in [6.45, 7) is 9.40. The van der Waals surface area contributed by atoms with Crippen LogP contribution >= 0.6 is 0 Å². The summed E-state index contributed by atoms with van der Waals surface area (Å²) < 4.78 is 1.84. The minimum absolute atomic E-state index is 0.169. The monoisotopic (exact) mass is 426 g/mol. The minimum atomic E-state index is -0.463. The Morgan fingerprint density at radius 1 is 1.13 bits per heavy atom. The van der Waals surface area contributed by atoms with Gasteiger partial charge in [-0.3, -0.25) is 9.48 Å². The molecule has 5 rings (SSSR count). The number of fused-ring (bicyclic) bond motifs is 5. The topological polar surface area (TPSA) is 55.1 Å². The van der Waals surface area contributed by atoms with Crippen molar-refractivity contribution in [3.8, 4) is 0 Å². The lowest BCUT2D eigenvalue weighted by Gasteiger charge is -2.63. The predicted octanol–water partition coefficient (Wildman–Crippen LogP) is 5.56. The average molecular weight is 427 g/mol. The molecule has 0 spiro atoms. The summed E-state index contributed by atoms with van der Waals surface area (Å²) in [6.07, 6.45) is 15.7. The van der Waals surface area contributed by atoms with Crippen LogP contribution in [0.5, 0.6) is 0 Å². The van der Waals surface area contributed by atoms with Crippen molar-refractivity contribution in [1.29, 1.82) is 0 Å². The smallest absolute Gasteiger partial charge is 0.157 e. The standard InChI is InChI=1S/C27H42N2O2/c1-5-27-13-12-25(3,31)14-19(27)6-7-20-21-8-9-23(26(21,4)11-10-22(20)27)24(30)17-29-16-18(2)15-28-29/h15-16,19-23,31H,5-14,17H2,1-4H3/t19-,20-,21-,22-,23+,25+,26-,27-/m0/s1. The molecule has 0 aromatic carbocycles. The molecule has 0 unspecified atom stereocenters. The molecule has 1 aromatic rings. The summed E-state index contributed by atoms with van der Waals surface area (Å²) in [4.78, 5) is 13.4. The lowest BCUT2D eigenvalue weighted by atomic mass is 9.42. The number of carbonyl (C=O) groups is 1. The van der Waals surface area contributed by atoms with Crippen molar-refractivity contribution in [3.63, 3.8) is 0 Å². The SMILES string of the molecule is CC[C@]12CC[C@@](C)(O)C[C@@H]1CC[C@H]1[C@@H]3CC[C@H](C(=O)Cn4cc(C)cn4)[C@@]3(C)CC[C@@H]12. The number of ketones is 1. The molecule has 4 nitrogen and oxygen atoms in total. The predicted molar refractivity (Wildman–Crippen MR) is 122 cm³/mol. The van der Waals surface area contributed by atoms with Gasteiger partial charge < -0.3 is 5.11 Å². The zero-order chi connectivity index (χ0) is 22.0. The molecule has 0 saturated heterocycles. The third-order valence-corrected chi connectivity index (χ3v) is 10.8. The minimum Gasteiger partial charge on any atom is -0.390 e. The van der Waals surface area contributed by atoms with Crippen molar-refractivity contribution in [2.75, 3.05) is 0 Å². The van der Waals surface area contributed by atoms with Crippen molar-refractivity contribution in [2.24, 2.45) is 40.4 Å². The van der Waals surface area contributed by atoms with Crippen LogP contribution in [0.15, 0.2) is 12.4 Å². The lowest BCUT2D eigenvalue weighted by Crippen LogP contribution is -2.56. The second-order valence-corrected chi connectivity index (χ2v) is 12.3. The van der Waals surface area contributed by atoms with Crippen molar-refractivity contribution in [2.45, 2.75) is 104 Å². The molecule has 1 N–H and O–H groups in total. The number of carbonyl (C=O) groups excluding carboxylic acids is 1. The van der Waals surface area contributed by atoms with Gasteiger partial charge in [-0.25, -0.2) is 0 Å². The van der Waals surface area contributed by atoms with E-state index in [9.17, 15) is 9.90 Å². The van der Waals surface area contributed by atoms with Crippen LogP contribution in [0.4, 0.5) is 0 Å². The summed E-state index contributed by atoms with van der Waals surface area (Å²) in [6, 6.07) is 0. The van der Waals surface area contributed by atoms with E-state index < -0.39 is 5.60 Å². The Labute approximate surface area is 188 Å². The zero-order valence-corrected chi connectivity index (χ0v) is 20.1. The molecule has 8 atom stereocenters. The highest BCUT2D eigenvalue weighted by atomic mass is 16.3. The number of rotatable bonds is 4. The molecule has 4 heteroatoms. The van der Waals surface area contributed by atoms with E-state index in [0.29, 0.717) is 29.6 Å². The van der Waals surface area contributed by atoms with Gasteiger partial charge in [0.15, 0.2) is 5.78 Å². The maximum atomic E-state index is 13.4. The molecule has 31 heavy (non-hydrogen) atoms. The Bertz CT molecular complexity index is 844. The fraction of sp³-hybridized carbons (Fsp3) is 0.852. The summed E-state index contributed by atoms with van der Waals surface area (Å²) in [5.74, 6) is 3.57. The van der Waals surface area contributed by atoms with Gasteiger partial charge in [-0.05, 0) is 118 Å². The quantitative estimate of drug-likeness (QED) is 0.686. The van der Waals surface area contributed by atoms with Crippen LogP contribution in [0, 0.1) is 47.3 Å². The fourth-order valence-electron chi connectivity index (χ4n) is 9.30. The summed E-state index contributed by atoms with van der Waals surface area (Å²) in [5, 5.41) is 15.2. The van der Waals surface area contributed by atoms with Gasteiger partial charge in [0.1, 0.15) is 0 Å². The Balaban J connectivity index is 1.36. The molecule has 1 heterocycles. The number of Topliss-reactive ketones (excluding diaryl/α,β-unsaturated/α-hetero) is 1. The molecule has 0 radical (unpaired) electrons. The highest BCUT2D eigenvalue weighted by molar-refractivity contribution is 5.82. The molecular weight excluding hydrogens is 384 g/mol.